The van der Waals surface area contributed by atoms with E-state index in [0.717, 1.165) is 44.8 Å². The van der Waals surface area contributed by atoms with Gasteiger partial charge in [-0.25, -0.2) is 0 Å². The Labute approximate surface area is 144 Å². The molecule has 0 bridgehead atoms. The first kappa shape index (κ1) is 18.2. The van der Waals surface area contributed by atoms with Gasteiger partial charge in [0.15, 0.2) is 0 Å². The molecule has 5 heteroatoms. The number of morpholine rings is 1. The van der Waals surface area contributed by atoms with Crippen LogP contribution >= 0.6 is 11.6 Å². The number of hydrogen-bond donors (Lipinski definition) is 1. The van der Waals surface area contributed by atoms with Crippen LogP contribution in [0.2, 0.25) is 5.02 Å². The molecule has 1 aromatic carbocycles. The van der Waals surface area contributed by atoms with E-state index >= 15 is 0 Å². The summed E-state index contributed by atoms with van der Waals surface area (Å²) in [6, 6.07) is 5.50. The van der Waals surface area contributed by atoms with E-state index in [0.29, 0.717) is 17.1 Å². The fraction of sp³-hybridized carbons (Fsp3) is 0.611. The lowest BCUT2D eigenvalue weighted by Gasteiger charge is -2.26. The van der Waals surface area contributed by atoms with Gasteiger partial charge in [-0.1, -0.05) is 32.4 Å². The van der Waals surface area contributed by atoms with Crippen molar-refractivity contribution in [2.75, 3.05) is 39.4 Å². The Balaban J connectivity index is 1.83. The van der Waals surface area contributed by atoms with E-state index in [1.807, 2.05) is 12.1 Å². The number of carbonyl (C=O) groups excluding carboxylic acids is 1. The molecular weight excluding hydrogens is 312 g/mol. The molecule has 1 aliphatic heterocycles. The van der Waals surface area contributed by atoms with Crippen LogP contribution in [-0.4, -0.2) is 50.2 Å². The molecule has 1 heterocycles. The van der Waals surface area contributed by atoms with E-state index in [4.69, 9.17) is 16.3 Å². The van der Waals surface area contributed by atoms with Crippen molar-refractivity contribution < 1.29 is 9.53 Å². The molecular formula is C18H27ClN2O2. The molecule has 0 aromatic heterocycles. The van der Waals surface area contributed by atoms with Gasteiger partial charge in [-0.05, 0) is 42.1 Å². The van der Waals surface area contributed by atoms with Gasteiger partial charge in [0.2, 0.25) is 0 Å². The minimum absolute atomic E-state index is 0.0332. The van der Waals surface area contributed by atoms with Crippen LogP contribution in [0.3, 0.4) is 0 Å². The maximum absolute atomic E-state index is 12.3. The van der Waals surface area contributed by atoms with Gasteiger partial charge in [0, 0.05) is 30.2 Å². The number of amides is 1. The van der Waals surface area contributed by atoms with Gasteiger partial charge in [0.1, 0.15) is 0 Å². The minimum atomic E-state index is -0.0797. The van der Waals surface area contributed by atoms with Crippen LogP contribution < -0.4 is 5.32 Å². The fourth-order valence-corrected chi connectivity index (χ4v) is 3.07. The van der Waals surface area contributed by atoms with Crippen molar-refractivity contribution >= 4 is 17.5 Å². The van der Waals surface area contributed by atoms with Gasteiger partial charge in [-0.2, -0.15) is 0 Å². The van der Waals surface area contributed by atoms with Crippen molar-refractivity contribution in [2.45, 2.75) is 32.6 Å². The molecule has 0 unspecified atom stereocenters. The summed E-state index contributed by atoms with van der Waals surface area (Å²) in [5, 5.41) is 3.71. The highest BCUT2D eigenvalue weighted by atomic mass is 35.5. The summed E-state index contributed by atoms with van der Waals surface area (Å²) in [6.07, 6.45) is 0.950. The first-order chi connectivity index (χ1) is 10.9. The second kappa shape index (κ2) is 8.13. The Bertz CT molecular complexity index is 534. The number of carbonyl (C=O) groups is 1. The highest BCUT2D eigenvalue weighted by Crippen LogP contribution is 2.30. The van der Waals surface area contributed by atoms with Gasteiger partial charge in [-0.3, -0.25) is 9.69 Å². The molecule has 2 rings (SSSR count). The number of benzene rings is 1. The second-order valence-corrected chi connectivity index (χ2v) is 7.42. The lowest BCUT2D eigenvalue weighted by Crippen LogP contribution is -2.38. The van der Waals surface area contributed by atoms with Gasteiger partial charge >= 0.3 is 0 Å². The normalized spacial score (nSPS) is 16.3. The molecule has 1 saturated heterocycles. The zero-order valence-electron chi connectivity index (χ0n) is 14.3. The fourth-order valence-electron chi connectivity index (χ4n) is 2.67. The van der Waals surface area contributed by atoms with Crippen LogP contribution in [0.4, 0.5) is 0 Å². The standard InChI is InChI=1S/C18H27ClN2O2/c1-18(2,3)15-13-14(5-6-16(15)19)17(22)20-7-4-8-21-9-11-23-12-10-21/h5-6,13H,4,7-12H2,1-3H3,(H,20,22). The molecule has 1 N–H and O–H groups in total. The molecule has 0 radical (unpaired) electrons. The zero-order valence-corrected chi connectivity index (χ0v) is 15.1. The molecule has 4 nitrogen and oxygen atoms in total. The first-order valence-corrected chi connectivity index (χ1v) is 8.64. The SMILES string of the molecule is CC(C)(C)c1cc(C(=O)NCCCN2CCOCC2)ccc1Cl. The molecule has 0 aliphatic carbocycles. The average molecular weight is 339 g/mol. The van der Waals surface area contributed by atoms with E-state index in [2.05, 4.69) is 31.0 Å². The summed E-state index contributed by atoms with van der Waals surface area (Å²) in [4.78, 5) is 14.7. The Hall–Kier alpha value is -1.10. The summed E-state index contributed by atoms with van der Waals surface area (Å²) < 4.78 is 5.33. The molecule has 1 aromatic rings. The molecule has 0 saturated carbocycles. The third-order valence-corrected chi connectivity index (χ3v) is 4.41. The van der Waals surface area contributed by atoms with Gasteiger partial charge in [0.25, 0.3) is 5.91 Å². The molecule has 1 fully saturated rings. The summed E-state index contributed by atoms with van der Waals surface area (Å²) >= 11 is 6.25. The summed E-state index contributed by atoms with van der Waals surface area (Å²) in [7, 11) is 0. The first-order valence-electron chi connectivity index (χ1n) is 8.26. The van der Waals surface area contributed by atoms with E-state index in [9.17, 15) is 4.79 Å². The number of ether oxygens (including phenoxy) is 1. The Kier molecular flexibility index (Phi) is 6.45. The molecule has 23 heavy (non-hydrogen) atoms. The molecule has 1 aliphatic rings. The topological polar surface area (TPSA) is 41.6 Å². The van der Waals surface area contributed by atoms with Gasteiger partial charge in [0.05, 0.1) is 13.2 Å². The Morgan fingerprint density at radius 1 is 1.30 bits per heavy atom. The lowest BCUT2D eigenvalue weighted by molar-refractivity contribution is 0.0374. The van der Waals surface area contributed by atoms with Crippen molar-refractivity contribution in [1.82, 2.24) is 10.2 Å². The number of hydrogen-bond acceptors (Lipinski definition) is 3. The van der Waals surface area contributed by atoms with E-state index in [1.54, 1.807) is 6.07 Å². The Morgan fingerprint density at radius 3 is 2.65 bits per heavy atom. The quantitative estimate of drug-likeness (QED) is 0.839. The summed E-state index contributed by atoms with van der Waals surface area (Å²) in [5.41, 5.74) is 1.59. The minimum Gasteiger partial charge on any atom is -0.379 e. The molecule has 128 valence electrons. The number of nitrogens with zero attached hydrogens (tertiary/aromatic N) is 1. The second-order valence-electron chi connectivity index (χ2n) is 7.01. The number of rotatable bonds is 5. The zero-order chi connectivity index (χ0) is 16.9. The van der Waals surface area contributed by atoms with Crippen LogP contribution in [0.5, 0.6) is 0 Å². The van der Waals surface area contributed by atoms with Crippen LogP contribution in [0, 0.1) is 0 Å². The van der Waals surface area contributed by atoms with Gasteiger partial charge in [-0.15, -0.1) is 0 Å². The number of halogens is 1. The van der Waals surface area contributed by atoms with Crippen LogP contribution in [0.1, 0.15) is 43.1 Å². The molecule has 0 atom stereocenters. The van der Waals surface area contributed by atoms with Crippen molar-refractivity contribution in [3.63, 3.8) is 0 Å². The summed E-state index contributed by atoms with van der Waals surface area (Å²) in [5.74, 6) is -0.0332. The highest BCUT2D eigenvalue weighted by Gasteiger charge is 2.19. The van der Waals surface area contributed by atoms with Crippen molar-refractivity contribution in [2.24, 2.45) is 0 Å². The van der Waals surface area contributed by atoms with E-state index < -0.39 is 0 Å². The largest absolute Gasteiger partial charge is 0.379 e. The van der Waals surface area contributed by atoms with Crippen molar-refractivity contribution in [1.29, 1.82) is 0 Å². The maximum atomic E-state index is 12.3. The monoisotopic (exact) mass is 338 g/mol. The van der Waals surface area contributed by atoms with Crippen molar-refractivity contribution in [3.8, 4) is 0 Å². The molecule has 1 amide bonds. The summed E-state index contributed by atoms with van der Waals surface area (Å²) in [6.45, 7) is 11.6. The van der Waals surface area contributed by atoms with Crippen molar-refractivity contribution in [3.05, 3.63) is 34.3 Å². The lowest BCUT2D eigenvalue weighted by atomic mass is 9.86. The predicted octanol–water partition coefficient (Wildman–Crippen LogP) is 3.09. The van der Waals surface area contributed by atoms with E-state index in [-0.39, 0.29) is 11.3 Å². The highest BCUT2D eigenvalue weighted by molar-refractivity contribution is 6.31. The van der Waals surface area contributed by atoms with E-state index in [1.165, 1.54) is 0 Å². The predicted molar refractivity (Wildman–Crippen MR) is 94.4 cm³/mol. The number of nitrogens with one attached hydrogen (secondary N) is 1. The van der Waals surface area contributed by atoms with Crippen LogP contribution in [0.25, 0.3) is 0 Å². The maximum Gasteiger partial charge on any atom is 0.251 e. The third-order valence-electron chi connectivity index (χ3n) is 4.08. The average Bonchev–Trinajstić information content (AvgIpc) is 2.51. The van der Waals surface area contributed by atoms with Crippen LogP contribution in [-0.2, 0) is 10.2 Å². The molecule has 0 spiro atoms. The smallest absolute Gasteiger partial charge is 0.251 e. The third kappa shape index (κ3) is 5.48. The van der Waals surface area contributed by atoms with Gasteiger partial charge < -0.3 is 10.1 Å². The Morgan fingerprint density at radius 2 is 2.00 bits per heavy atom. The van der Waals surface area contributed by atoms with Crippen LogP contribution in [0.15, 0.2) is 18.2 Å².